The molecule has 2 aromatic rings. The summed E-state index contributed by atoms with van der Waals surface area (Å²) < 4.78 is 10.2. The van der Waals surface area contributed by atoms with Gasteiger partial charge >= 0.3 is 0 Å². The van der Waals surface area contributed by atoms with E-state index in [0.29, 0.717) is 18.3 Å². The van der Waals surface area contributed by atoms with E-state index in [0.717, 1.165) is 31.7 Å². The molecule has 0 unspecified atom stereocenters. The van der Waals surface area contributed by atoms with Crippen molar-refractivity contribution in [2.24, 2.45) is 0 Å². The highest BCUT2D eigenvalue weighted by Crippen LogP contribution is 2.16. The molecule has 3 rings (SSSR count). The molecule has 1 aliphatic rings. The van der Waals surface area contributed by atoms with Gasteiger partial charge in [0, 0.05) is 26.2 Å². The fraction of sp³-hybridized carbons (Fsp3) is 0.455. The summed E-state index contributed by atoms with van der Waals surface area (Å²) in [4.78, 5) is 6.64. The number of furan rings is 1. The first-order chi connectivity index (χ1) is 8.42. The topological polar surface area (TPSA) is 67.3 Å². The summed E-state index contributed by atoms with van der Waals surface area (Å²) in [5, 5.41) is 7.24. The van der Waals surface area contributed by atoms with E-state index in [1.54, 1.807) is 12.5 Å². The Balaban J connectivity index is 1.68. The van der Waals surface area contributed by atoms with Crippen LogP contribution in [0.25, 0.3) is 11.4 Å². The number of hydrogen-bond donors (Lipinski definition) is 1. The molecule has 0 spiro atoms. The SMILES string of the molecule is c1cc(-c2noc(CN3CCNCC3)n2)co1. The Kier molecular flexibility index (Phi) is 2.89. The molecule has 0 atom stereocenters. The second kappa shape index (κ2) is 4.68. The molecule has 0 aromatic carbocycles. The summed E-state index contributed by atoms with van der Waals surface area (Å²) in [6.07, 6.45) is 3.21. The molecule has 0 saturated carbocycles. The monoisotopic (exact) mass is 234 g/mol. The first kappa shape index (κ1) is 10.5. The molecule has 0 amide bonds. The molecule has 6 heteroatoms. The summed E-state index contributed by atoms with van der Waals surface area (Å²) in [6.45, 7) is 4.78. The van der Waals surface area contributed by atoms with Crippen molar-refractivity contribution in [3.05, 3.63) is 24.5 Å². The zero-order valence-electron chi connectivity index (χ0n) is 9.43. The average Bonchev–Trinajstić information content (AvgIpc) is 3.00. The van der Waals surface area contributed by atoms with Gasteiger partial charge in [-0.15, -0.1) is 0 Å². The number of rotatable bonds is 3. The predicted molar refractivity (Wildman–Crippen MR) is 60.1 cm³/mol. The second-order valence-corrected chi connectivity index (χ2v) is 4.05. The molecule has 1 saturated heterocycles. The zero-order chi connectivity index (χ0) is 11.5. The van der Waals surface area contributed by atoms with Crippen LogP contribution in [0.1, 0.15) is 5.89 Å². The van der Waals surface area contributed by atoms with Crippen LogP contribution in [-0.2, 0) is 6.54 Å². The minimum absolute atomic E-state index is 0.587. The van der Waals surface area contributed by atoms with Crippen molar-refractivity contribution in [3.8, 4) is 11.4 Å². The Morgan fingerprint density at radius 2 is 2.24 bits per heavy atom. The van der Waals surface area contributed by atoms with Crippen LogP contribution in [0.5, 0.6) is 0 Å². The number of hydrogen-bond acceptors (Lipinski definition) is 6. The normalized spacial score (nSPS) is 17.4. The van der Waals surface area contributed by atoms with Crippen molar-refractivity contribution in [1.82, 2.24) is 20.4 Å². The van der Waals surface area contributed by atoms with Crippen molar-refractivity contribution in [2.45, 2.75) is 6.54 Å². The van der Waals surface area contributed by atoms with E-state index in [2.05, 4.69) is 20.4 Å². The molecule has 3 heterocycles. The lowest BCUT2D eigenvalue weighted by molar-refractivity contribution is 0.203. The minimum atomic E-state index is 0.587. The first-order valence-electron chi connectivity index (χ1n) is 5.70. The second-order valence-electron chi connectivity index (χ2n) is 4.05. The highest BCUT2D eigenvalue weighted by atomic mass is 16.5. The Hall–Kier alpha value is -1.66. The lowest BCUT2D eigenvalue weighted by Crippen LogP contribution is -2.42. The van der Waals surface area contributed by atoms with Crippen molar-refractivity contribution in [2.75, 3.05) is 26.2 Å². The Morgan fingerprint density at radius 1 is 1.35 bits per heavy atom. The van der Waals surface area contributed by atoms with E-state index in [1.807, 2.05) is 6.07 Å². The molecule has 90 valence electrons. The number of piperazine rings is 1. The number of nitrogens with zero attached hydrogens (tertiary/aromatic N) is 3. The third kappa shape index (κ3) is 2.37. The lowest BCUT2D eigenvalue weighted by atomic mass is 10.3. The maximum atomic E-state index is 5.23. The van der Waals surface area contributed by atoms with Crippen LogP contribution in [0, 0.1) is 0 Å². The fourth-order valence-corrected chi connectivity index (χ4v) is 1.89. The third-order valence-electron chi connectivity index (χ3n) is 2.82. The maximum absolute atomic E-state index is 5.23. The predicted octanol–water partition coefficient (Wildman–Crippen LogP) is 0.735. The van der Waals surface area contributed by atoms with Gasteiger partial charge in [0.2, 0.25) is 11.7 Å². The number of nitrogens with one attached hydrogen (secondary N) is 1. The van der Waals surface area contributed by atoms with E-state index in [1.165, 1.54) is 0 Å². The minimum Gasteiger partial charge on any atom is -0.472 e. The van der Waals surface area contributed by atoms with Gasteiger partial charge in [0.15, 0.2) is 0 Å². The van der Waals surface area contributed by atoms with Gasteiger partial charge in [-0.25, -0.2) is 0 Å². The highest BCUT2D eigenvalue weighted by Gasteiger charge is 2.15. The molecular weight excluding hydrogens is 220 g/mol. The van der Waals surface area contributed by atoms with Gasteiger partial charge in [-0.05, 0) is 6.07 Å². The van der Waals surface area contributed by atoms with Crippen LogP contribution >= 0.6 is 0 Å². The van der Waals surface area contributed by atoms with E-state index in [4.69, 9.17) is 8.94 Å². The molecular formula is C11H14N4O2. The molecule has 0 aliphatic carbocycles. The van der Waals surface area contributed by atoms with Crippen molar-refractivity contribution in [1.29, 1.82) is 0 Å². The third-order valence-corrected chi connectivity index (χ3v) is 2.82. The van der Waals surface area contributed by atoms with E-state index < -0.39 is 0 Å². The summed E-state index contributed by atoms with van der Waals surface area (Å²) in [6, 6.07) is 1.82. The van der Waals surface area contributed by atoms with Gasteiger partial charge in [0.05, 0.1) is 18.4 Å². The van der Waals surface area contributed by atoms with Gasteiger partial charge in [0.25, 0.3) is 0 Å². The quantitative estimate of drug-likeness (QED) is 0.844. The van der Waals surface area contributed by atoms with E-state index >= 15 is 0 Å². The molecule has 1 fully saturated rings. The fourth-order valence-electron chi connectivity index (χ4n) is 1.89. The van der Waals surface area contributed by atoms with Gasteiger partial charge in [0.1, 0.15) is 6.26 Å². The van der Waals surface area contributed by atoms with Crippen molar-refractivity contribution >= 4 is 0 Å². The molecule has 17 heavy (non-hydrogen) atoms. The van der Waals surface area contributed by atoms with E-state index in [-0.39, 0.29) is 0 Å². The molecule has 2 aromatic heterocycles. The molecule has 6 nitrogen and oxygen atoms in total. The summed E-state index contributed by atoms with van der Waals surface area (Å²) in [7, 11) is 0. The Labute approximate surface area is 98.6 Å². The summed E-state index contributed by atoms with van der Waals surface area (Å²) >= 11 is 0. The van der Waals surface area contributed by atoms with Crippen LogP contribution < -0.4 is 5.32 Å². The molecule has 1 aliphatic heterocycles. The lowest BCUT2D eigenvalue weighted by Gasteiger charge is -2.25. The molecule has 1 N–H and O–H groups in total. The van der Waals surface area contributed by atoms with Crippen LogP contribution in [0.15, 0.2) is 27.5 Å². The van der Waals surface area contributed by atoms with Gasteiger partial charge in [-0.1, -0.05) is 5.16 Å². The van der Waals surface area contributed by atoms with Crippen LogP contribution in [0.3, 0.4) is 0 Å². The average molecular weight is 234 g/mol. The van der Waals surface area contributed by atoms with Crippen molar-refractivity contribution in [3.63, 3.8) is 0 Å². The Bertz CT molecular complexity index is 460. The largest absolute Gasteiger partial charge is 0.472 e. The first-order valence-corrected chi connectivity index (χ1v) is 5.70. The number of aromatic nitrogens is 2. The maximum Gasteiger partial charge on any atom is 0.241 e. The van der Waals surface area contributed by atoms with E-state index in [9.17, 15) is 0 Å². The summed E-state index contributed by atoms with van der Waals surface area (Å²) in [5.74, 6) is 1.24. The molecule has 0 bridgehead atoms. The highest BCUT2D eigenvalue weighted by molar-refractivity contribution is 5.51. The van der Waals surface area contributed by atoms with Gasteiger partial charge in [-0.2, -0.15) is 4.98 Å². The zero-order valence-corrected chi connectivity index (χ0v) is 9.43. The van der Waals surface area contributed by atoms with Crippen molar-refractivity contribution < 1.29 is 8.94 Å². The smallest absolute Gasteiger partial charge is 0.241 e. The van der Waals surface area contributed by atoms with Crippen LogP contribution in [-0.4, -0.2) is 41.2 Å². The standard InChI is InChI=1S/C11H14N4O2/c1-6-16-8-9(1)11-13-10(17-14-11)7-15-4-2-12-3-5-15/h1,6,8,12H,2-5,7H2. The van der Waals surface area contributed by atoms with Crippen LogP contribution in [0.2, 0.25) is 0 Å². The van der Waals surface area contributed by atoms with Gasteiger partial charge in [-0.3, -0.25) is 4.90 Å². The molecule has 0 radical (unpaired) electrons. The Morgan fingerprint density at radius 3 is 3.00 bits per heavy atom. The van der Waals surface area contributed by atoms with Crippen LogP contribution in [0.4, 0.5) is 0 Å². The van der Waals surface area contributed by atoms with Gasteiger partial charge < -0.3 is 14.3 Å². The summed E-state index contributed by atoms with van der Waals surface area (Å²) in [5.41, 5.74) is 0.848.